The molecule has 1 saturated carbocycles. The lowest BCUT2D eigenvalue weighted by Crippen LogP contribution is -2.32. The fraction of sp³-hybridized carbons (Fsp3) is 0.400. The van der Waals surface area contributed by atoms with Gasteiger partial charge in [-0.3, -0.25) is 0 Å². The number of nitrogens with one attached hydrogen (secondary N) is 1. The molecule has 1 aliphatic rings. The van der Waals surface area contributed by atoms with Crippen molar-refractivity contribution in [1.82, 2.24) is 4.72 Å². The van der Waals surface area contributed by atoms with Crippen LogP contribution in [0.15, 0.2) is 41.3 Å². The number of hydrogen-bond acceptors (Lipinski definition) is 3. The van der Waals surface area contributed by atoms with E-state index >= 15 is 0 Å². The molecular formula is C20H24FNO3S. The molecule has 2 aromatic carbocycles. The molecule has 0 radical (unpaired) electrons. The zero-order chi connectivity index (χ0) is 18.9. The first-order valence-electron chi connectivity index (χ1n) is 8.77. The lowest BCUT2D eigenvalue weighted by atomic mass is 9.96. The van der Waals surface area contributed by atoms with Crippen LogP contribution in [0.1, 0.15) is 36.5 Å². The molecule has 0 amide bonds. The van der Waals surface area contributed by atoms with Crippen molar-refractivity contribution in [3.05, 3.63) is 58.9 Å². The molecule has 6 heteroatoms. The van der Waals surface area contributed by atoms with Gasteiger partial charge in [0, 0.05) is 12.0 Å². The summed E-state index contributed by atoms with van der Waals surface area (Å²) < 4.78 is 47.0. The largest absolute Gasteiger partial charge is 0.493 e. The molecule has 0 aliphatic heterocycles. The van der Waals surface area contributed by atoms with E-state index in [4.69, 9.17) is 4.74 Å². The van der Waals surface area contributed by atoms with E-state index in [-0.39, 0.29) is 16.1 Å². The molecule has 4 nitrogen and oxygen atoms in total. The van der Waals surface area contributed by atoms with Gasteiger partial charge in [-0.25, -0.2) is 17.5 Å². The van der Waals surface area contributed by atoms with Crippen LogP contribution in [0.3, 0.4) is 0 Å². The third-order valence-corrected chi connectivity index (χ3v) is 6.32. The second kappa shape index (κ2) is 7.00. The molecule has 1 aliphatic carbocycles. The number of sulfonamides is 1. The third-order valence-electron chi connectivity index (χ3n) is 4.94. The van der Waals surface area contributed by atoms with E-state index in [2.05, 4.69) is 4.72 Å². The lowest BCUT2D eigenvalue weighted by Gasteiger charge is -2.18. The second-order valence-corrected chi connectivity index (χ2v) is 8.70. The molecule has 0 spiro atoms. The van der Waals surface area contributed by atoms with Crippen LogP contribution in [0.2, 0.25) is 0 Å². The van der Waals surface area contributed by atoms with E-state index in [1.807, 2.05) is 20.8 Å². The third kappa shape index (κ3) is 3.76. The van der Waals surface area contributed by atoms with Gasteiger partial charge in [-0.05, 0) is 74.6 Å². The minimum absolute atomic E-state index is 0.226. The molecule has 0 saturated heterocycles. The van der Waals surface area contributed by atoms with Crippen molar-refractivity contribution in [2.24, 2.45) is 0 Å². The summed E-state index contributed by atoms with van der Waals surface area (Å²) in [6.07, 6.45) is 1.78. The van der Waals surface area contributed by atoms with E-state index in [9.17, 15) is 12.8 Å². The van der Waals surface area contributed by atoms with Crippen molar-refractivity contribution in [1.29, 1.82) is 0 Å². The Kier molecular flexibility index (Phi) is 5.08. The highest BCUT2D eigenvalue weighted by atomic mass is 32.2. The summed E-state index contributed by atoms with van der Waals surface area (Å²) in [7, 11) is -3.63. The van der Waals surface area contributed by atoms with E-state index < -0.39 is 10.0 Å². The van der Waals surface area contributed by atoms with E-state index in [1.165, 1.54) is 12.1 Å². The molecular weight excluding hydrogens is 353 g/mol. The topological polar surface area (TPSA) is 55.4 Å². The minimum atomic E-state index is -3.63. The monoisotopic (exact) mass is 377 g/mol. The molecule has 0 heterocycles. The van der Waals surface area contributed by atoms with Crippen LogP contribution >= 0.6 is 0 Å². The van der Waals surface area contributed by atoms with Gasteiger partial charge in [0.25, 0.3) is 0 Å². The predicted octanol–water partition coefficient (Wildman–Crippen LogP) is 3.85. The fourth-order valence-corrected chi connectivity index (χ4v) is 4.57. The number of rotatable bonds is 7. The van der Waals surface area contributed by atoms with Crippen LogP contribution in [0.25, 0.3) is 0 Å². The Morgan fingerprint density at radius 1 is 1.12 bits per heavy atom. The summed E-state index contributed by atoms with van der Waals surface area (Å²) in [5.41, 5.74) is 2.34. The Balaban J connectivity index is 1.78. The highest BCUT2D eigenvalue weighted by molar-refractivity contribution is 7.89. The van der Waals surface area contributed by atoms with Crippen LogP contribution in [0, 0.1) is 19.7 Å². The van der Waals surface area contributed by atoms with Gasteiger partial charge in [-0.15, -0.1) is 0 Å². The van der Waals surface area contributed by atoms with Gasteiger partial charge < -0.3 is 4.74 Å². The summed E-state index contributed by atoms with van der Waals surface area (Å²) in [4.78, 5) is 0.242. The molecule has 1 fully saturated rings. The summed E-state index contributed by atoms with van der Waals surface area (Å²) in [5.74, 6) is 0.446. The van der Waals surface area contributed by atoms with Crippen molar-refractivity contribution >= 4 is 10.0 Å². The Bertz CT molecular complexity index is 880. The van der Waals surface area contributed by atoms with Crippen LogP contribution in [-0.4, -0.2) is 21.6 Å². The van der Waals surface area contributed by atoms with Crippen molar-refractivity contribution in [3.63, 3.8) is 0 Å². The molecule has 3 rings (SSSR count). The summed E-state index contributed by atoms with van der Waals surface area (Å²) >= 11 is 0. The molecule has 0 unspecified atom stereocenters. The molecule has 1 N–H and O–H groups in total. The average molecular weight is 377 g/mol. The Morgan fingerprint density at radius 3 is 2.19 bits per heavy atom. The normalized spacial score (nSPS) is 15.7. The standard InChI is InChI=1S/C20H24FNO3S/c1-4-25-19-14(2)11-18(12-15(19)3)26(23,24)22-13-20(9-10-20)16-5-7-17(21)8-6-16/h5-8,11-12,22H,4,9-10,13H2,1-3H3. The predicted molar refractivity (Wildman–Crippen MR) is 99.6 cm³/mol. The van der Waals surface area contributed by atoms with Crippen LogP contribution in [-0.2, 0) is 15.4 Å². The molecule has 2 aromatic rings. The Morgan fingerprint density at radius 2 is 1.69 bits per heavy atom. The SMILES string of the molecule is CCOc1c(C)cc(S(=O)(=O)NCC2(c3ccc(F)cc3)CC2)cc1C. The van der Waals surface area contributed by atoms with Gasteiger partial charge in [0.2, 0.25) is 10.0 Å². The van der Waals surface area contributed by atoms with Crippen LogP contribution in [0.4, 0.5) is 4.39 Å². The first-order valence-corrected chi connectivity index (χ1v) is 10.3. The van der Waals surface area contributed by atoms with Gasteiger partial charge in [0.15, 0.2) is 0 Å². The summed E-state index contributed by atoms with van der Waals surface area (Å²) in [6, 6.07) is 9.59. The van der Waals surface area contributed by atoms with E-state index in [0.717, 1.165) is 35.3 Å². The Labute approximate surface area is 154 Å². The zero-order valence-corrected chi connectivity index (χ0v) is 16.1. The van der Waals surface area contributed by atoms with Crippen LogP contribution in [0.5, 0.6) is 5.75 Å². The Hall–Kier alpha value is -1.92. The van der Waals surface area contributed by atoms with Crippen molar-refractivity contribution < 1.29 is 17.5 Å². The van der Waals surface area contributed by atoms with E-state index in [1.54, 1.807) is 24.3 Å². The minimum Gasteiger partial charge on any atom is -0.493 e. The molecule has 26 heavy (non-hydrogen) atoms. The van der Waals surface area contributed by atoms with Gasteiger partial charge in [-0.2, -0.15) is 0 Å². The smallest absolute Gasteiger partial charge is 0.240 e. The van der Waals surface area contributed by atoms with Crippen molar-refractivity contribution in [2.45, 2.75) is 43.9 Å². The maximum absolute atomic E-state index is 13.1. The number of aryl methyl sites for hydroxylation is 2. The molecule has 0 aromatic heterocycles. The highest BCUT2D eigenvalue weighted by Crippen LogP contribution is 2.47. The van der Waals surface area contributed by atoms with Crippen molar-refractivity contribution in [3.8, 4) is 5.75 Å². The zero-order valence-electron chi connectivity index (χ0n) is 15.3. The number of benzene rings is 2. The maximum Gasteiger partial charge on any atom is 0.240 e. The number of halogens is 1. The summed E-state index contributed by atoms with van der Waals surface area (Å²) in [5, 5.41) is 0. The second-order valence-electron chi connectivity index (χ2n) is 6.93. The average Bonchev–Trinajstić information content (AvgIpc) is 3.38. The van der Waals surface area contributed by atoms with E-state index in [0.29, 0.717) is 13.2 Å². The van der Waals surface area contributed by atoms with Gasteiger partial charge >= 0.3 is 0 Å². The molecule has 0 atom stereocenters. The quantitative estimate of drug-likeness (QED) is 0.797. The van der Waals surface area contributed by atoms with Gasteiger partial charge in [-0.1, -0.05) is 12.1 Å². The number of ether oxygens (including phenoxy) is 1. The first-order chi connectivity index (χ1) is 12.3. The number of hydrogen-bond donors (Lipinski definition) is 1. The fourth-order valence-electron chi connectivity index (χ4n) is 3.28. The first kappa shape index (κ1) is 18.9. The summed E-state index contributed by atoms with van der Waals surface area (Å²) in [6.45, 7) is 6.43. The van der Waals surface area contributed by atoms with Crippen LogP contribution < -0.4 is 9.46 Å². The van der Waals surface area contributed by atoms with Gasteiger partial charge in [0.1, 0.15) is 11.6 Å². The molecule has 140 valence electrons. The maximum atomic E-state index is 13.1. The lowest BCUT2D eigenvalue weighted by molar-refractivity contribution is 0.335. The van der Waals surface area contributed by atoms with Gasteiger partial charge in [0.05, 0.1) is 11.5 Å². The molecule has 0 bridgehead atoms. The van der Waals surface area contributed by atoms with Crippen molar-refractivity contribution in [2.75, 3.05) is 13.2 Å². The highest BCUT2D eigenvalue weighted by Gasteiger charge is 2.44.